The van der Waals surface area contributed by atoms with E-state index < -0.39 is 0 Å². The molecule has 0 radical (unpaired) electrons. The zero-order valence-electron chi connectivity index (χ0n) is 11.5. The van der Waals surface area contributed by atoms with Crippen LogP contribution < -0.4 is 0 Å². The maximum atomic E-state index is 9.21. The number of aryl methyl sites for hydroxylation is 1. The summed E-state index contributed by atoms with van der Waals surface area (Å²) in [7, 11) is 0. The Hall–Kier alpha value is -2.34. The molecule has 19 heavy (non-hydrogen) atoms. The summed E-state index contributed by atoms with van der Waals surface area (Å²) in [5.41, 5.74) is 2.72. The molecule has 1 aromatic rings. The van der Waals surface area contributed by atoms with Gasteiger partial charge >= 0.3 is 0 Å². The Bertz CT molecular complexity index is 521. The standard InChI is InChI=1S/C16H19N3/c1-4-8-14-9-7-10-15(11-14)12-16(13-17)19(6-3)18-5-2/h5-7,9-12H,3-4,8H2,1-2H3/b16-12+,18-5-. The Morgan fingerprint density at radius 2 is 2.32 bits per heavy atom. The fraction of sp³-hybridized carbons (Fsp3) is 0.250. The van der Waals surface area contributed by atoms with Crippen molar-refractivity contribution in [1.82, 2.24) is 5.01 Å². The first-order valence-electron chi connectivity index (χ1n) is 6.36. The van der Waals surface area contributed by atoms with E-state index in [1.165, 1.54) is 16.8 Å². The maximum absolute atomic E-state index is 9.21. The molecule has 0 aliphatic heterocycles. The molecule has 0 saturated carbocycles. The molecular formula is C16H19N3. The quantitative estimate of drug-likeness (QED) is 0.437. The van der Waals surface area contributed by atoms with Gasteiger partial charge in [0.15, 0.2) is 0 Å². The summed E-state index contributed by atoms with van der Waals surface area (Å²) in [6.07, 6.45) is 7.11. The van der Waals surface area contributed by atoms with Crippen LogP contribution in [0.4, 0.5) is 0 Å². The molecule has 1 aromatic carbocycles. The fourth-order valence-electron chi connectivity index (χ4n) is 1.77. The Labute approximate surface area is 115 Å². The number of allylic oxidation sites excluding steroid dienone is 1. The lowest BCUT2D eigenvalue weighted by molar-refractivity contribution is 0.525. The molecule has 0 unspecified atom stereocenters. The van der Waals surface area contributed by atoms with Crippen molar-refractivity contribution in [1.29, 1.82) is 5.26 Å². The Kier molecular flexibility index (Phi) is 6.11. The van der Waals surface area contributed by atoms with E-state index in [9.17, 15) is 5.26 Å². The fourth-order valence-corrected chi connectivity index (χ4v) is 1.77. The van der Waals surface area contributed by atoms with Gasteiger partial charge in [0.2, 0.25) is 0 Å². The van der Waals surface area contributed by atoms with Crippen molar-refractivity contribution in [3.63, 3.8) is 0 Å². The predicted molar refractivity (Wildman–Crippen MR) is 80.2 cm³/mol. The van der Waals surface area contributed by atoms with Gasteiger partial charge in [0.1, 0.15) is 11.8 Å². The third-order valence-corrected chi connectivity index (χ3v) is 2.57. The summed E-state index contributed by atoms with van der Waals surface area (Å²) >= 11 is 0. The van der Waals surface area contributed by atoms with Crippen LogP contribution in [-0.2, 0) is 6.42 Å². The smallest absolute Gasteiger partial charge is 0.142 e. The van der Waals surface area contributed by atoms with E-state index >= 15 is 0 Å². The van der Waals surface area contributed by atoms with Crippen molar-refractivity contribution >= 4 is 12.3 Å². The first-order valence-corrected chi connectivity index (χ1v) is 6.36. The minimum atomic E-state index is 0.446. The van der Waals surface area contributed by atoms with Crippen LogP contribution in [0.15, 0.2) is 47.8 Å². The normalized spacial score (nSPS) is 11.3. The van der Waals surface area contributed by atoms with E-state index in [0.29, 0.717) is 5.70 Å². The van der Waals surface area contributed by atoms with Crippen LogP contribution in [0.3, 0.4) is 0 Å². The molecule has 1 rings (SSSR count). The zero-order chi connectivity index (χ0) is 14.1. The number of benzene rings is 1. The van der Waals surface area contributed by atoms with Gasteiger partial charge < -0.3 is 0 Å². The second-order valence-corrected chi connectivity index (χ2v) is 4.04. The molecule has 0 aliphatic carbocycles. The molecule has 3 nitrogen and oxygen atoms in total. The van der Waals surface area contributed by atoms with Crippen LogP contribution in [0.5, 0.6) is 0 Å². The monoisotopic (exact) mass is 253 g/mol. The van der Waals surface area contributed by atoms with Crippen LogP contribution in [0.25, 0.3) is 6.08 Å². The van der Waals surface area contributed by atoms with Gasteiger partial charge in [-0.1, -0.05) is 44.2 Å². The Morgan fingerprint density at radius 1 is 1.53 bits per heavy atom. The highest BCUT2D eigenvalue weighted by Gasteiger charge is 2.03. The third-order valence-electron chi connectivity index (χ3n) is 2.57. The van der Waals surface area contributed by atoms with Crippen molar-refractivity contribution in [2.75, 3.05) is 0 Å². The molecule has 0 heterocycles. The molecule has 0 amide bonds. The predicted octanol–water partition coefficient (Wildman–Crippen LogP) is 3.95. The van der Waals surface area contributed by atoms with Gasteiger partial charge in [-0.05, 0) is 30.5 Å². The Balaban J connectivity index is 3.07. The van der Waals surface area contributed by atoms with E-state index in [0.717, 1.165) is 18.4 Å². The van der Waals surface area contributed by atoms with Gasteiger partial charge in [-0.2, -0.15) is 10.4 Å². The lowest BCUT2D eigenvalue weighted by atomic mass is 10.1. The maximum Gasteiger partial charge on any atom is 0.142 e. The summed E-state index contributed by atoms with van der Waals surface area (Å²) in [5.74, 6) is 0. The lowest BCUT2D eigenvalue weighted by Gasteiger charge is -2.11. The van der Waals surface area contributed by atoms with Crippen molar-refractivity contribution in [2.24, 2.45) is 5.10 Å². The van der Waals surface area contributed by atoms with Crippen LogP contribution in [-0.4, -0.2) is 11.2 Å². The number of hydrazone groups is 1. The summed E-state index contributed by atoms with van der Waals surface area (Å²) in [6.45, 7) is 7.61. The molecule has 0 fully saturated rings. The second kappa shape index (κ2) is 7.88. The van der Waals surface area contributed by atoms with Crippen LogP contribution in [0, 0.1) is 11.3 Å². The SMILES string of the molecule is C=CN(/N=C\C)/C(C#N)=C/c1cccc(CCC)c1. The van der Waals surface area contributed by atoms with E-state index in [1.807, 2.05) is 18.2 Å². The van der Waals surface area contributed by atoms with E-state index in [1.54, 1.807) is 13.1 Å². The van der Waals surface area contributed by atoms with Crippen LogP contribution >= 0.6 is 0 Å². The number of nitriles is 1. The van der Waals surface area contributed by atoms with Crippen molar-refractivity contribution in [3.8, 4) is 6.07 Å². The molecule has 0 bridgehead atoms. The number of rotatable bonds is 6. The highest BCUT2D eigenvalue weighted by Crippen LogP contribution is 2.14. The highest BCUT2D eigenvalue weighted by molar-refractivity contribution is 5.59. The first kappa shape index (κ1) is 14.7. The topological polar surface area (TPSA) is 39.4 Å². The van der Waals surface area contributed by atoms with Gasteiger partial charge in [0.25, 0.3) is 0 Å². The summed E-state index contributed by atoms with van der Waals surface area (Å²) in [6, 6.07) is 10.3. The third kappa shape index (κ3) is 4.44. The molecule has 3 heteroatoms. The highest BCUT2D eigenvalue weighted by atomic mass is 15.4. The largest absolute Gasteiger partial charge is 0.231 e. The average Bonchev–Trinajstić information content (AvgIpc) is 2.43. The van der Waals surface area contributed by atoms with Crippen molar-refractivity contribution in [3.05, 3.63) is 53.9 Å². The van der Waals surface area contributed by atoms with E-state index in [2.05, 4.69) is 36.8 Å². The van der Waals surface area contributed by atoms with Crippen molar-refractivity contribution in [2.45, 2.75) is 26.7 Å². The van der Waals surface area contributed by atoms with Crippen molar-refractivity contribution < 1.29 is 0 Å². The van der Waals surface area contributed by atoms with Gasteiger partial charge in [-0.15, -0.1) is 0 Å². The lowest BCUT2D eigenvalue weighted by Crippen LogP contribution is -2.07. The minimum Gasteiger partial charge on any atom is -0.231 e. The number of hydrogen-bond acceptors (Lipinski definition) is 3. The van der Waals surface area contributed by atoms with Crippen LogP contribution in [0.2, 0.25) is 0 Å². The van der Waals surface area contributed by atoms with Gasteiger partial charge in [-0.3, -0.25) is 0 Å². The summed E-state index contributed by atoms with van der Waals surface area (Å²) in [5, 5.41) is 14.7. The molecule has 0 atom stereocenters. The Morgan fingerprint density at radius 3 is 2.89 bits per heavy atom. The molecule has 0 saturated heterocycles. The molecule has 0 aliphatic rings. The summed E-state index contributed by atoms with van der Waals surface area (Å²) < 4.78 is 0. The van der Waals surface area contributed by atoms with E-state index in [4.69, 9.17) is 0 Å². The average molecular weight is 253 g/mol. The molecule has 0 aromatic heterocycles. The number of hydrogen-bond donors (Lipinski definition) is 0. The summed E-state index contributed by atoms with van der Waals surface area (Å²) in [4.78, 5) is 0. The molecule has 0 spiro atoms. The number of nitrogens with zero attached hydrogens (tertiary/aromatic N) is 3. The molecule has 98 valence electrons. The molecule has 0 N–H and O–H groups in total. The van der Waals surface area contributed by atoms with Gasteiger partial charge in [-0.25, -0.2) is 5.01 Å². The van der Waals surface area contributed by atoms with Crippen LogP contribution in [0.1, 0.15) is 31.4 Å². The minimum absolute atomic E-state index is 0.446. The van der Waals surface area contributed by atoms with Gasteiger partial charge in [0.05, 0.1) is 0 Å². The zero-order valence-corrected chi connectivity index (χ0v) is 11.5. The second-order valence-electron chi connectivity index (χ2n) is 4.04. The van der Waals surface area contributed by atoms with E-state index in [-0.39, 0.29) is 0 Å². The molecular weight excluding hydrogens is 234 g/mol. The van der Waals surface area contributed by atoms with Gasteiger partial charge in [0, 0.05) is 12.4 Å². The first-order chi connectivity index (χ1) is 9.24.